The maximum atomic E-state index is 12.9. The highest BCUT2D eigenvalue weighted by molar-refractivity contribution is 5.71. The second kappa shape index (κ2) is 64.6. The third-order valence-electron chi connectivity index (χ3n) is 13.8. The van der Waals surface area contributed by atoms with Crippen molar-refractivity contribution in [3.05, 3.63) is 109 Å². The van der Waals surface area contributed by atoms with Crippen molar-refractivity contribution in [1.82, 2.24) is 0 Å². The van der Waals surface area contributed by atoms with Gasteiger partial charge in [0.05, 0.1) is 0 Å². The van der Waals surface area contributed by atoms with E-state index in [0.717, 1.165) is 122 Å². The molecule has 440 valence electrons. The molecule has 0 aromatic heterocycles. The van der Waals surface area contributed by atoms with Crippen molar-refractivity contribution in [3.63, 3.8) is 0 Å². The van der Waals surface area contributed by atoms with Gasteiger partial charge in [0, 0.05) is 19.3 Å². The molecule has 6 nitrogen and oxygen atoms in total. The van der Waals surface area contributed by atoms with Gasteiger partial charge in [-0.3, -0.25) is 14.4 Å². The predicted molar refractivity (Wildman–Crippen MR) is 334 cm³/mol. The molecule has 0 aromatic rings. The van der Waals surface area contributed by atoms with E-state index in [1.54, 1.807) is 0 Å². The van der Waals surface area contributed by atoms with Crippen LogP contribution in [0, 0.1) is 0 Å². The third-order valence-corrected chi connectivity index (χ3v) is 13.8. The summed E-state index contributed by atoms with van der Waals surface area (Å²) in [6.45, 7) is 6.52. The Morgan fingerprint density at radius 3 is 0.805 bits per heavy atom. The predicted octanol–water partition coefficient (Wildman–Crippen LogP) is 22.2. The Kier molecular flexibility index (Phi) is 61.3. The minimum absolute atomic E-state index is 0.0861. The Morgan fingerprint density at radius 2 is 0.506 bits per heavy atom. The number of rotatable bonds is 58. The number of carbonyl (C=O) groups is 3. The molecule has 0 aliphatic rings. The highest BCUT2D eigenvalue weighted by atomic mass is 16.6. The van der Waals surface area contributed by atoms with E-state index in [4.69, 9.17) is 14.2 Å². The molecule has 0 bridgehead atoms. The van der Waals surface area contributed by atoms with Crippen LogP contribution in [0.25, 0.3) is 0 Å². The maximum absolute atomic E-state index is 12.9. The van der Waals surface area contributed by atoms with Gasteiger partial charge in [0.25, 0.3) is 0 Å². The molecule has 77 heavy (non-hydrogen) atoms. The fraction of sp³-hybridized carbons (Fsp3) is 0.704. The van der Waals surface area contributed by atoms with Crippen molar-refractivity contribution >= 4 is 17.9 Å². The number of ether oxygens (including phenoxy) is 3. The topological polar surface area (TPSA) is 78.9 Å². The Morgan fingerprint density at radius 1 is 0.273 bits per heavy atom. The molecule has 0 fully saturated rings. The zero-order valence-corrected chi connectivity index (χ0v) is 50.4. The smallest absolute Gasteiger partial charge is 0.306 e. The van der Waals surface area contributed by atoms with Crippen LogP contribution in [0.15, 0.2) is 109 Å². The molecule has 0 saturated carbocycles. The van der Waals surface area contributed by atoms with Crippen LogP contribution in [0.2, 0.25) is 0 Å². The maximum Gasteiger partial charge on any atom is 0.306 e. The first kappa shape index (κ1) is 73.1. The van der Waals surface area contributed by atoms with Gasteiger partial charge in [-0.2, -0.15) is 0 Å². The summed E-state index contributed by atoms with van der Waals surface area (Å²) in [7, 11) is 0. The van der Waals surface area contributed by atoms with E-state index in [1.807, 2.05) is 0 Å². The Labute approximate surface area is 476 Å². The number of unbranched alkanes of at least 4 members (excludes halogenated alkanes) is 29. The lowest BCUT2D eigenvalue weighted by atomic mass is 10.0. The van der Waals surface area contributed by atoms with Crippen LogP contribution in [0.1, 0.15) is 303 Å². The van der Waals surface area contributed by atoms with E-state index < -0.39 is 6.10 Å². The lowest BCUT2D eigenvalue weighted by Crippen LogP contribution is -2.30. The van der Waals surface area contributed by atoms with Gasteiger partial charge in [0.15, 0.2) is 6.10 Å². The van der Waals surface area contributed by atoms with E-state index in [2.05, 4.69) is 130 Å². The van der Waals surface area contributed by atoms with Crippen molar-refractivity contribution < 1.29 is 28.6 Å². The summed E-state index contributed by atoms with van der Waals surface area (Å²) in [5.74, 6) is -0.909. The normalized spacial score (nSPS) is 12.8. The van der Waals surface area contributed by atoms with Crippen LogP contribution in [0.5, 0.6) is 0 Å². The second-order valence-corrected chi connectivity index (χ2v) is 21.3. The van der Waals surface area contributed by atoms with Gasteiger partial charge in [-0.05, 0) is 109 Å². The monoisotopic (exact) mass is 1070 g/mol. The fourth-order valence-corrected chi connectivity index (χ4v) is 8.92. The minimum Gasteiger partial charge on any atom is -0.462 e. The molecule has 0 radical (unpaired) electrons. The van der Waals surface area contributed by atoms with Gasteiger partial charge in [-0.1, -0.05) is 284 Å². The van der Waals surface area contributed by atoms with E-state index in [1.165, 1.54) is 141 Å². The van der Waals surface area contributed by atoms with Gasteiger partial charge >= 0.3 is 17.9 Å². The molecule has 0 heterocycles. The van der Waals surface area contributed by atoms with Gasteiger partial charge < -0.3 is 14.2 Å². The summed E-state index contributed by atoms with van der Waals surface area (Å²) in [6, 6.07) is 0. The van der Waals surface area contributed by atoms with Gasteiger partial charge in [0.1, 0.15) is 13.2 Å². The quantitative estimate of drug-likeness (QED) is 0.0261. The van der Waals surface area contributed by atoms with E-state index in [-0.39, 0.29) is 31.1 Å². The van der Waals surface area contributed by atoms with Gasteiger partial charge in [-0.15, -0.1) is 0 Å². The number of esters is 3. The molecule has 0 saturated heterocycles. The van der Waals surface area contributed by atoms with Crippen LogP contribution >= 0.6 is 0 Å². The molecule has 0 aliphatic heterocycles. The van der Waals surface area contributed by atoms with Crippen molar-refractivity contribution in [2.24, 2.45) is 0 Å². The number of carbonyl (C=O) groups excluding carboxylic acids is 3. The summed E-state index contributed by atoms with van der Waals surface area (Å²) in [5.41, 5.74) is 0. The summed E-state index contributed by atoms with van der Waals surface area (Å²) in [6.07, 6.45) is 88.1. The van der Waals surface area contributed by atoms with Crippen LogP contribution in [0.3, 0.4) is 0 Å². The van der Waals surface area contributed by atoms with Crippen molar-refractivity contribution in [1.29, 1.82) is 0 Å². The minimum atomic E-state index is -0.791. The zero-order valence-electron chi connectivity index (χ0n) is 50.4. The molecular weight excluding hydrogens is 949 g/mol. The highest BCUT2D eigenvalue weighted by Crippen LogP contribution is 2.16. The lowest BCUT2D eigenvalue weighted by molar-refractivity contribution is -0.167. The Hall–Kier alpha value is -3.93. The summed E-state index contributed by atoms with van der Waals surface area (Å²) < 4.78 is 16.9. The largest absolute Gasteiger partial charge is 0.462 e. The van der Waals surface area contributed by atoms with E-state index >= 15 is 0 Å². The average Bonchev–Trinajstić information content (AvgIpc) is 3.43. The van der Waals surface area contributed by atoms with Crippen LogP contribution in [-0.4, -0.2) is 37.2 Å². The second-order valence-electron chi connectivity index (χ2n) is 21.3. The molecule has 0 N–H and O–H groups in total. The fourth-order valence-electron chi connectivity index (χ4n) is 8.92. The van der Waals surface area contributed by atoms with Crippen LogP contribution < -0.4 is 0 Å². The number of hydrogen-bond donors (Lipinski definition) is 0. The molecular formula is C71H120O6. The SMILES string of the molecule is CC/C=C\C/C=C\C/C=C\C/C=C\C/C=C\C/C=C\C/C=C\C/C=C\CCCCCCC(=O)OCC(COC(=O)CCCCCCCCCCCCCC)OC(=O)CCCCCCCCC/C=C\CCCCCCCCC. The average molecular weight is 1070 g/mol. The van der Waals surface area contributed by atoms with Crippen molar-refractivity contribution in [2.75, 3.05) is 13.2 Å². The van der Waals surface area contributed by atoms with Crippen LogP contribution in [-0.2, 0) is 28.6 Å². The first-order valence-electron chi connectivity index (χ1n) is 32.4. The molecule has 6 heteroatoms. The summed E-state index contributed by atoms with van der Waals surface area (Å²) in [4.78, 5) is 38.3. The highest BCUT2D eigenvalue weighted by Gasteiger charge is 2.19. The van der Waals surface area contributed by atoms with Gasteiger partial charge in [-0.25, -0.2) is 0 Å². The first-order valence-corrected chi connectivity index (χ1v) is 32.4. The van der Waals surface area contributed by atoms with Crippen LogP contribution in [0.4, 0.5) is 0 Å². The number of hydrogen-bond acceptors (Lipinski definition) is 6. The molecule has 0 aliphatic carbocycles. The lowest BCUT2D eigenvalue weighted by Gasteiger charge is -2.18. The first-order chi connectivity index (χ1) is 38.0. The third kappa shape index (κ3) is 62.8. The molecule has 0 rings (SSSR count). The Bertz CT molecular complexity index is 1560. The zero-order chi connectivity index (χ0) is 55.7. The standard InChI is InChI=1S/C71H120O6/c1-4-7-10-13-16-19-22-25-27-29-31-32-33-34-35-36-37-38-39-40-41-43-44-46-49-52-55-58-61-64-70(73)76-67-68(66-75-69(72)63-60-57-54-51-48-24-21-18-15-12-9-6-3)77-71(74)65-62-59-56-53-50-47-45-42-30-28-26-23-20-17-14-11-8-5-2/h7,10,16,19,25,27-28,30-32,34-35,37-38,40-41,44,46,68H,4-6,8-9,11-15,17-18,20-24,26,29,33,36,39,42-43,45,47-67H2,1-3H3/b10-7-,19-16-,27-25-,30-28-,32-31-,35-34-,38-37-,41-40-,46-44-. The summed E-state index contributed by atoms with van der Waals surface area (Å²) >= 11 is 0. The molecule has 1 atom stereocenters. The molecule has 0 spiro atoms. The van der Waals surface area contributed by atoms with E-state index in [9.17, 15) is 14.4 Å². The Balaban J connectivity index is 4.36. The van der Waals surface area contributed by atoms with Gasteiger partial charge in [0.2, 0.25) is 0 Å². The van der Waals surface area contributed by atoms with Crippen molar-refractivity contribution in [2.45, 2.75) is 309 Å². The molecule has 0 amide bonds. The molecule has 0 aromatic carbocycles. The number of allylic oxidation sites excluding steroid dienone is 18. The van der Waals surface area contributed by atoms with E-state index in [0.29, 0.717) is 19.3 Å². The summed E-state index contributed by atoms with van der Waals surface area (Å²) in [5, 5.41) is 0. The van der Waals surface area contributed by atoms with Crippen molar-refractivity contribution in [3.8, 4) is 0 Å². The molecule has 1 unspecified atom stereocenters.